The molecule has 0 aliphatic rings. The zero-order valence-corrected chi connectivity index (χ0v) is 10.9. The van der Waals surface area contributed by atoms with Crippen molar-refractivity contribution in [3.63, 3.8) is 0 Å². The Labute approximate surface area is 98.3 Å². The minimum Gasteiger partial charge on any atom is -0.315 e. The fourth-order valence-corrected chi connectivity index (χ4v) is 1.58. The van der Waals surface area contributed by atoms with Crippen LogP contribution in [0.2, 0.25) is 0 Å². The Morgan fingerprint density at radius 1 is 1.19 bits per heavy atom. The molecule has 0 bridgehead atoms. The molecule has 1 amide bonds. The lowest BCUT2D eigenvalue weighted by Crippen LogP contribution is -2.36. The summed E-state index contributed by atoms with van der Waals surface area (Å²) < 4.78 is 0. The van der Waals surface area contributed by atoms with Gasteiger partial charge < -0.3 is 4.90 Å². The van der Waals surface area contributed by atoms with Crippen molar-refractivity contribution in [1.29, 1.82) is 0 Å². The van der Waals surface area contributed by atoms with Gasteiger partial charge in [-0.05, 0) is 24.1 Å². The van der Waals surface area contributed by atoms with Crippen LogP contribution in [-0.2, 0) is 11.2 Å². The monoisotopic (exact) mass is 219 g/mol. The number of hydrogen-bond acceptors (Lipinski definition) is 1. The Kier molecular flexibility index (Phi) is 3.74. The van der Waals surface area contributed by atoms with E-state index in [0.29, 0.717) is 0 Å². The summed E-state index contributed by atoms with van der Waals surface area (Å²) in [6.07, 6.45) is 1.03. The van der Waals surface area contributed by atoms with Crippen molar-refractivity contribution in [2.45, 2.75) is 34.1 Å². The van der Waals surface area contributed by atoms with E-state index in [9.17, 15) is 4.79 Å². The fourth-order valence-electron chi connectivity index (χ4n) is 1.58. The smallest absolute Gasteiger partial charge is 0.232 e. The van der Waals surface area contributed by atoms with Crippen molar-refractivity contribution < 1.29 is 4.79 Å². The molecule has 2 heteroatoms. The van der Waals surface area contributed by atoms with Crippen molar-refractivity contribution >= 4 is 11.6 Å². The molecule has 88 valence electrons. The lowest BCUT2D eigenvalue weighted by atomic mass is 9.94. The van der Waals surface area contributed by atoms with Gasteiger partial charge in [0.15, 0.2) is 0 Å². The van der Waals surface area contributed by atoms with Gasteiger partial charge in [-0.2, -0.15) is 0 Å². The Bertz CT molecular complexity index is 359. The van der Waals surface area contributed by atoms with Crippen molar-refractivity contribution in [2.75, 3.05) is 11.9 Å². The summed E-state index contributed by atoms with van der Waals surface area (Å²) in [4.78, 5) is 13.8. The lowest BCUT2D eigenvalue weighted by Gasteiger charge is -2.26. The molecule has 0 aliphatic heterocycles. The number of benzene rings is 1. The molecule has 16 heavy (non-hydrogen) atoms. The third-order valence-electron chi connectivity index (χ3n) is 2.68. The summed E-state index contributed by atoms with van der Waals surface area (Å²) in [6.45, 7) is 7.93. The minimum absolute atomic E-state index is 0.136. The van der Waals surface area contributed by atoms with Crippen LogP contribution < -0.4 is 4.90 Å². The molecule has 0 saturated carbocycles. The van der Waals surface area contributed by atoms with E-state index in [1.807, 2.05) is 40.0 Å². The van der Waals surface area contributed by atoms with Crippen LogP contribution in [0, 0.1) is 5.41 Å². The van der Waals surface area contributed by atoms with Crippen LogP contribution in [0.15, 0.2) is 24.3 Å². The van der Waals surface area contributed by atoms with E-state index >= 15 is 0 Å². The fraction of sp³-hybridized carbons (Fsp3) is 0.500. The predicted octanol–water partition coefficient (Wildman–Crippen LogP) is 3.26. The Balaban J connectivity index is 2.88. The number of carbonyl (C=O) groups excluding carboxylic acids is 1. The molecule has 0 unspecified atom stereocenters. The maximum Gasteiger partial charge on any atom is 0.232 e. The van der Waals surface area contributed by atoms with Gasteiger partial charge in [-0.15, -0.1) is 0 Å². The summed E-state index contributed by atoms with van der Waals surface area (Å²) in [6, 6.07) is 8.15. The molecule has 2 nitrogen and oxygen atoms in total. The zero-order chi connectivity index (χ0) is 12.3. The third kappa shape index (κ3) is 2.84. The van der Waals surface area contributed by atoms with Gasteiger partial charge in [0.1, 0.15) is 0 Å². The summed E-state index contributed by atoms with van der Waals surface area (Å²) in [5, 5.41) is 0. The average molecular weight is 219 g/mol. The van der Waals surface area contributed by atoms with Gasteiger partial charge >= 0.3 is 0 Å². The molecule has 0 radical (unpaired) electrons. The molecule has 0 spiro atoms. The first-order valence-corrected chi connectivity index (χ1v) is 5.73. The molecule has 0 atom stereocenters. The Morgan fingerprint density at radius 3 is 2.06 bits per heavy atom. The number of nitrogens with zero attached hydrogens (tertiary/aromatic N) is 1. The van der Waals surface area contributed by atoms with Crippen LogP contribution in [0.25, 0.3) is 0 Å². The van der Waals surface area contributed by atoms with Crippen LogP contribution in [0.3, 0.4) is 0 Å². The third-order valence-corrected chi connectivity index (χ3v) is 2.68. The Morgan fingerprint density at radius 2 is 1.69 bits per heavy atom. The summed E-state index contributed by atoms with van der Waals surface area (Å²) >= 11 is 0. The van der Waals surface area contributed by atoms with E-state index in [0.717, 1.165) is 12.1 Å². The van der Waals surface area contributed by atoms with E-state index in [1.54, 1.807) is 4.90 Å². The standard InChI is InChI=1S/C14H21NO/c1-6-11-7-9-12(10-8-11)15(5)13(16)14(2,3)4/h7-10H,6H2,1-5H3. The summed E-state index contributed by atoms with van der Waals surface area (Å²) in [7, 11) is 1.83. The second-order valence-electron chi connectivity index (χ2n) is 5.13. The van der Waals surface area contributed by atoms with Gasteiger partial charge in [0.2, 0.25) is 5.91 Å². The number of hydrogen-bond donors (Lipinski definition) is 0. The van der Waals surface area contributed by atoms with Gasteiger partial charge in [0, 0.05) is 18.2 Å². The number of rotatable bonds is 2. The molecular formula is C14H21NO. The maximum absolute atomic E-state index is 12.0. The van der Waals surface area contributed by atoms with E-state index < -0.39 is 0 Å². The van der Waals surface area contributed by atoms with Crippen LogP contribution >= 0.6 is 0 Å². The van der Waals surface area contributed by atoms with E-state index in [4.69, 9.17) is 0 Å². The molecule has 0 aromatic heterocycles. The molecule has 0 N–H and O–H groups in total. The van der Waals surface area contributed by atoms with Gasteiger partial charge in [0.05, 0.1) is 0 Å². The number of amides is 1. The normalized spacial score (nSPS) is 11.3. The van der Waals surface area contributed by atoms with Crippen molar-refractivity contribution in [2.24, 2.45) is 5.41 Å². The molecule has 1 aromatic carbocycles. The molecule has 0 aliphatic carbocycles. The minimum atomic E-state index is -0.335. The van der Waals surface area contributed by atoms with Crippen LogP contribution in [0.1, 0.15) is 33.3 Å². The maximum atomic E-state index is 12.0. The van der Waals surface area contributed by atoms with Crippen molar-refractivity contribution in [3.8, 4) is 0 Å². The van der Waals surface area contributed by atoms with Gasteiger partial charge in [0.25, 0.3) is 0 Å². The lowest BCUT2D eigenvalue weighted by molar-refractivity contribution is -0.125. The zero-order valence-electron chi connectivity index (χ0n) is 10.9. The topological polar surface area (TPSA) is 20.3 Å². The summed E-state index contributed by atoms with van der Waals surface area (Å²) in [5.74, 6) is 0.136. The number of carbonyl (C=O) groups is 1. The van der Waals surface area contributed by atoms with E-state index in [2.05, 4.69) is 19.1 Å². The highest BCUT2D eigenvalue weighted by Gasteiger charge is 2.25. The first kappa shape index (κ1) is 12.8. The van der Waals surface area contributed by atoms with Gasteiger partial charge in [-0.1, -0.05) is 39.8 Å². The largest absolute Gasteiger partial charge is 0.315 e. The van der Waals surface area contributed by atoms with Crippen molar-refractivity contribution in [1.82, 2.24) is 0 Å². The second kappa shape index (κ2) is 4.69. The SMILES string of the molecule is CCc1ccc(N(C)C(=O)C(C)(C)C)cc1. The first-order chi connectivity index (χ1) is 7.36. The van der Waals surface area contributed by atoms with Crippen LogP contribution in [0.5, 0.6) is 0 Å². The molecule has 1 aromatic rings. The number of anilines is 1. The molecule has 0 saturated heterocycles. The van der Waals surface area contributed by atoms with Gasteiger partial charge in [-0.25, -0.2) is 0 Å². The van der Waals surface area contributed by atoms with E-state index in [1.165, 1.54) is 5.56 Å². The van der Waals surface area contributed by atoms with Gasteiger partial charge in [-0.3, -0.25) is 4.79 Å². The molecular weight excluding hydrogens is 198 g/mol. The quantitative estimate of drug-likeness (QED) is 0.747. The van der Waals surface area contributed by atoms with Crippen LogP contribution in [0.4, 0.5) is 5.69 Å². The van der Waals surface area contributed by atoms with Crippen molar-refractivity contribution in [3.05, 3.63) is 29.8 Å². The first-order valence-electron chi connectivity index (χ1n) is 5.73. The highest BCUT2D eigenvalue weighted by molar-refractivity contribution is 5.96. The molecule has 0 heterocycles. The predicted molar refractivity (Wildman–Crippen MR) is 68.7 cm³/mol. The van der Waals surface area contributed by atoms with E-state index in [-0.39, 0.29) is 11.3 Å². The molecule has 0 fully saturated rings. The highest BCUT2D eigenvalue weighted by atomic mass is 16.2. The second-order valence-corrected chi connectivity index (χ2v) is 5.13. The van der Waals surface area contributed by atoms with Crippen LogP contribution in [-0.4, -0.2) is 13.0 Å². The summed E-state index contributed by atoms with van der Waals surface area (Å²) in [5.41, 5.74) is 1.91. The molecule has 1 rings (SSSR count). The average Bonchev–Trinajstić information content (AvgIpc) is 2.26. The Hall–Kier alpha value is -1.31. The highest BCUT2D eigenvalue weighted by Crippen LogP contribution is 2.22. The number of aryl methyl sites for hydroxylation is 1.